The summed E-state index contributed by atoms with van der Waals surface area (Å²) < 4.78 is 46.0. The van der Waals surface area contributed by atoms with Gasteiger partial charge in [0.1, 0.15) is 5.75 Å². The Balaban J connectivity index is 1.85. The summed E-state index contributed by atoms with van der Waals surface area (Å²) in [6, 6.07) is 10.7. The van der Waals surface area contributed by atoms with E-state index in [2.05, 4.69) is 5.10 Å². The Kier molecular flexibility index (Phi) is 5.80. The van der Waals surface area contributed by atoms with Crippen molar-refractivity contribution in [2.45, 2.75) is 25.2 Å². The quantitative estimate of drug-likeness (QED) is 0.747. The van der Waals surface area contributed by atoms with E-state index in [1.807, 2.05) is 6.92 Å². The number of hydrogen-bond donors (Lipinski definition) is 1. The first-order valence-electron chi connectivity index (χ1n) is 8.36. The minimum atomic E-state index is -5.13. The smallest absolute Gasteiger partial charge is 0.438 e. The van der Waals surface area contributed by atoms with Crippen LogP contribution in [0.5, 0.6) is 5.75 Å². The molecular weight excluding hydrogens is 432 g/mol. The molecule has 1 aliphatic rings. The van der Waals surface area contributed by atoms with Crippen LogP contribution in [0, 0.1) is 6.92 Å². The molecule has 0 spiro atoms. The number of benzene rings is 2. The van der Waals surface area contributed by atoms with Crippen LogP contribution in [-0.2, 0) is 4.79 Å². The van der Waals surface area contributed by atoms with E-state index >= 15 is 0 Å². The van der Waals surface area contributed by atoms with E-state index < -0.39 is 30.8 Å². The average molecular weight is 447 g/mol. The van der Waals surface area contributed by atoms with Gasteiger partial charge in [-0.2, -0.15) is 23.3 Å². The van der Waals surface area contributed by atoms with Crippen molar-refractivity contribution in [1.29, 1.82) is 0 Å². The number of hydrogen-bond acceptors (Lipinski definition) is 4. The molecule has 1 amide bonds. The van der Waals surface area contributed by atoms with Crippen LogP contribution in [0.15, 0.2) is 47.6 Å². The molecule has 0 aliphatic carbocycles. The second-order valence-corrected chi connectivity index (χ2v) is 7.32. The molecule has 0 saturated heterocycles. The first-order chi connectivity index (χ1) is 13.5. The van der Waals surface area contributed by atoms with Gasteiger partial charge < -0.3 is 9.84 Å². The number of ether oxygens (including phenoxy) is 1. The molecule has 0 aromatic heterocycles. The van der Waals surface area contributed by atoms with Gasteiger partial charge in [0.05, 0.1) is 17.2 Å². The maximum absolute atomic E-state index is 13.6. The summed E-state index contributed by atoms with van der Waals surface area (Å²) in [7, 11) is 0. The number of carbonyl (C=O) groups excluding carboxylic acids is 1. The monoisotopic (exact) mass is 446 g/mol. The topological polar surface area (TPSA) is 62.1 Å². The highest BCUT2D eigenvalue weighted by Crippen LogP contribution is 2.41. The maximum atomic E-state index is 13.6. The normalized spacial score (nSPS) is 19.3. The number of amides is 1. The van der Waals surface area contributed by atoms with Crippen LogP contribution in [-0.4, -0.2) is 40.2 Å². The van der Waals surface area contributed by atoms with Gasteiger partial charge in [0.15, 0.2) is 6.61 Å². The third-order valence-electron chi connectivity index (χ3n) is 4.31. The van der Waals surface area contributed by atoms with Crippen molar-refractivity contribution in [2.24, 2.45) is 5.10 Å². The van der Waals surface area contributed by atoms with Crippen LogP contribution >= 0.6 is 23.2 Å². The number of alkyl halides is 3. The lowest BCUT2D eigenvalue weighted by molar-refractivity contribution is -0.302. The van der Waals surface area contributed by atoms with Crippen molar-refractivity contribution in [2.75, 3.05) is 6.61 Å². The predicted molar refractivity (Wildman–Crippen MR) is 102 cm³/mol. The number of nitrogens with zero attached hydrogens (tertiary/aromatic N) is 2. The van der Waals surface area contributed by atoms with E-state index in [4.69, 9.17) is 27.9 Å². The molecule has 2 aromatic rings. The van der Waals surface area contributed by atoms with Crippen LogP contribution < -0.4 is 4.74 Å². The SMILES string of the molecule is Cc1ccc(C2=NN(C(=O)COc3ccc(Cl)cc3Cl)C(O)(C(F)(F)F)C2)cc1. The predicted octanol–water partition coefficient (Wildman–Crippen LogP) is 4.57. The molecule has 1 heterocycles. The number of hydrazone groups is 1. The number of rotatable bonds is 4. The highest BCUT2D eigenvalue weighted by atomic mass is 35.5. The molecule has 0 fully saturated rings. The molecule has 0 saturated carbocycles. The fraction of sp³-hybridized carbons (Fsp3) is 0.263. The third-order valence-corrected chi connectivity index (χ3v) is 4.84. The Labute approximate surface area is 174 Å². The zero-order valence-corrected chi connectivity index (χ0v) is 16.5. The molecule has 1 aliphatic heterocycles. The highest BCUT2D eigenvalue weighted by Gasteiger charge is 2.63. The minimum Gasteiger partial charge on any atom is -0.482 e. The summed E-state index contributed by atoms with van der Waals surface area (Å²) in [6.45, 7) is 1.01. The fourth-order valence-corrected chi connectivity index (χ4v) is 3.19. The van der Waals surface area contributed by atoms with E-state index in [0.717, 1.165) is 5.56 Å². The molecule has 29 heavy (non-hydrogen) atoms. The zero-order chi connectivity index (χ0) is 21.4. The van der Waals surface area contributed by atoms with Crippen LogP contribution in [0.2, 0.25) is 10.0 Å². The molecule has 0 radical (unpaired) electrons. The second kappa shape index (κ2) is 7.85. The molecule has 10 heteroatoms. The van der Waals surface area contributed by atoms with E-state index in [1.165, 1.54) is 18.2 Å². The van der Waals surface area contributed by atoms with Crippen molar-refractivity contribution in [3.05, 3.63) is 63.6 Å². The van der Waals surface area contributed by atoms with Crippen molar-refractivity contribution >= 4 is 34.8 Å². The Hall–Kier alpha value is -2.29. The summed E-state index contributed by atoms with van der Waals surface area (Å²) in [5.41, 5.74) is -2.27. The molecule has 154 valence electrons. The number of aryl methyl sites for hydroxylation is 1. The first kappa shape index (κ1) is 21.4. The standard InChI is InChI=1S/C19H15Cl2F3N2O3/c1-11-2-4-12(5-3-11)15-9-18(28,19(22,23)24)26(25-15)17(27)10-29-16-7-6-13(20)8-14(16)21/h2-8,28H,9-10H2,1H3. The van der Waals surface area contributed by atoms with Crippen molar-refractivity contribution in [3.63, 3.8) is 0 Å². The fourth-order valence-electron chi connectivity index (χ4n) is 2.73. The summed E-state index contributed by atoms with van der Waals surface area (Å²) in [6.07, 6.45) is -6.02. The van der Waals surface area contributed by atoms with Gasteiger partial charge in [-0.05, 0) is 30.7 Å². The van der Waals surface area contributed by atoms with E-state index in [0.29, 0.717) is 10.6 Å². The van der Waals surface area contributed by atoms with Gasteiger partial charge in [0.2, 0.25) is 0 Å². The average Bonchev–Trinajstić information content (AvgIpc) is 3.00. The Morgan fingerprint density at radius 3 is 2.48 bits per heavy atom. The number of carbonyl (C=O) groups is 1. The van der Waals surface area contributed by atoms with E-state index in [1.54, 1.807) is 24.3 Å². The maximum Gasteiger partial charge on any atom is 0.438 e. The molecule has 0 bridgehead atoms. The van der Waals surface area contributed by atoms with Gasteiger partial charge in [0, 0.05) is 5.02 Å². The largest absolute Gasteiger partial charge is 0.482 e. The highest BCUT2D eigenvalue weighted by molar-refractivity contribution is 6.35. The van der Waals surface area contributed by atoms with Crippen molar-refractivity contribution in [1.82, 2.24) is 5.01 Å². The lowest BCUT2D eigenvalue weighted by Crippen LogP contribution is -2.57. The molecule has 2 aromatic carbocycles. The summed E-state index contributed by atoms with van der Waals surface area (Å²) >= 11 is 11.7. The zero-order valence-electron chi connectivity index (χ0n) is 15.0. The lowest BCUT2D eigenvalue weighted by atomic mass is 10.00. The lowest BCUT2D eigenvalue weighted by Gasteiger charge is -2.32. The molecule has 1 atom stereocenters. The van der Waals surface area contributed by atoms with Crippen molar-refractivity contribution in [3.8, 4) is 5.75 Å². The Morgan fingerprint density at radius 1 is 1.24 bits per heavy atom. The molecule has 5 nitrogen and oxygen atoms in total. The minimum absolute atomic E-state index is 0.0199. The summed E-state index contributed by atoms with van der Waals surface area (Å²) in [5.74, 6) is -1.13. The van der Waals surface area contributed by atoms with E-state index in [-0.39, 0.29) is 21.5 Å². The molecule has 1 unspecified atom stereocenters. The molecule has 1 N–H and O–H groups in total. The van der Waals surface area contributed by atoms with Crippen molar-refractivity contribution < 1.29 is 27.8 Å². The summed E-state index contributed by atoms with van der Waals surface area (Å²) in [5, 5.41) is 14.5. The van der Waals surface area contributed by atoms with Gasteiger partial charge in [-0.1, -0.05) is 53.0 Å². The summed E-state index contributed by atoms with van der Waals surface area (Å²) in [4.78, 5) is 12.5. The first-order valence-corrected chi connectivity index (χ1v) is 9.11. The van der Waals surface area contributed by atoms with Crippen LogP contribution in [0.3, 0.4) is 0 Å². The van der Waals surface area contributed by atoms with Crippen LogP contribution in [0.1, 0.15) is 17.5 Å². The number of halogens is 5. The second-order valence-electron chi connectivity index (χ2n) is 6.47. The Bertz CT molecular complexity index is 964. The van der Waals surface area contributed by atoms with Crippen LogP contribution in [0.4, 0.5) is 13.2 Å². The molecular formula is C19H15Cl2F3N2O3. The van der Waals surface area contributed by atoms with Gasteiger partial charge in [-0.25, -0.2) is 0 Å². The van der Waals surface area contributed by atoms with Gasteiger partial charge in [-0.15, -0.1) is 0 Å². The Morgan fingerprint density at radius 2 is 1.90 bits per heavy atom. The van der Waals surface area contributed by atoms with Gasteiger partial charge >= 0.3 is 6.18 Å². The van der Waals surface area contributed by atoms with Gasteiger partial charge in [-0.3, -0.25) is 4.79 Å². The third kappa shape index (κ3) is 4.34. The van der Waals surface area contributed by atoms with Crippen LogP contribution in [0.25, 0.3) is 0 Å². The molecule has 3 rings (SSSR count). The number of aliphatic hydroxyl groups is 1. The van der Waals surface area contributed by atoms with Gasteiger partial charge in [0.25, 0.3) is 11.6 Å². The van der Waals surface area contributed by atoms with E-state index in [9.17, 15) is 23.1 Å².